The molecule has 1 N–H and O–H groups in total. The van der Waals surface area contributed by atoms with Gasteiger partial charge in [0.05, 0.1) is 19.8 Å². The Morgan fingerprint density at radius 3 is 1.89 bits per heavy atom. The van der Waals surface area contributed by atoms with Crippen molar-refractivity contribution < 1.29 is 24.2 Å². The van der Waals surface area contributed by atoms with Gasteiger partial charge in [-0.15, -0.1) is 0 Å². The molecule has 1 aliphatic rings. The number of hydrogen-bond acceptors (Lipinski definition) is 4. The first-order valence-electron chi connectivity index (χ1n) is 8.81. The van der Waals surface area contributed by atoms with E-state index in [-0.39, 0.29) is 11.5 Å². The molecule has 142 valence electrons. The van der Waals surface area contributed by atoms with Crippen molar-refractivity contribution >= 4 is 11.9 Å². The second-order valence-corrected chi connectivity index (χ2v) is 6.66. The number of benzene rings is 2. The van der Waals surface area contributed by atoms with E-state index < -0.39 is 5.97 Å². The largest absolute Gasteiger partial charge is 0.493 e. The van der Waals surface area contributed by atoms with Crippen LogP contribution in [0, 0.1) is 6.92 Å². The van der Waals surface area contributed by atoms with E-state index in [1.165, 1.54) is 6.07 Å². The summed E-state index contributed by atoms with van der Waals surface area (Å²) in [6.07, 6.45) is 1.41. The molecule has 0 unspecified atom stereocenters. The summed E-state index contributed by atoms with van der Waals surface area (Å²) in [5.41, 5.74) is 3.57. The lowest BCUT2D eigenvalue weighted by molar-refractivity contribution is 0.0696. The summed E-state index contributed by atoms with van der Waals surface area (Å²) >= 11 is 0. The van der Waals surface area contributed by atoms with Gasteiger partial charge in [-0.3, -0.25) is 4.79 Å². The van der Waals surface area contributed by atoms with Crippen molar-refractivity contribution in [1.82, 2.24) is 4.90 Å². The Kier molecular flexibility index (Phi) is 5.35. The van der Waals surface area contributed by atoms with Gasteiger partial charge in [-0.2, -0.15) is 0 Å². The number of fused-ring (bicyclic) bond motifs is 1. The monoisotopic (exact) mass is 369 g/mol. The number of carboxylic acid groups (broad SMARTS) is 1. The fourth-order valence-electron chi connectivity index (χ4n) is 3.47. The third-order valence-electron chi connectivity index (χ3n) is 4.87. The molecule has 0 aromatic heterocycles. The molecule has 0 bridgehead atoms. The molecule has 2 aromatic rings. The molecule has 27 heavy (non-hydrogen) atoms. The number of aromatic carboxylic acids is 1. The van der Waals surface area contributed by atoms with Crippen molar-refractivity contribution in [3.63, 3.8) is 0 Å². The first kappa shape index (κ1) is 18.8. The average Bonchev–Trinajstić information content (AvgIpc) is 2.87. The fourth-order valence-corrected chi connectivity index (χ4v) is 3.47. The molecule has 1 heterocycles. The number of ether oxygens (including phenoxy) is 2. The van der Waals surface area contributed by atoms with Crippen LogP contribution >= 0.6 is 0 Å². The van der Waals surface area contributed by atoms with Crippen LogP contribution in [-0.2, 0) is 12.8 Å². The molecule has 3 rings (SSSR count). The van der Waals surface area contributed by atoms with Crippen LogP contribution in [0.3, 0.4) is 0 Å². The highest BCUT2D eigenvalue weighted by Gasteiger charge is 2.22. The maximum Gasteiger partial charge on any atom is 0.335 e. The van der Waals surface area contributed by atoms with Crippen molar-refractivity contribution in [1.29, 1.82) is 0 Å². The Bertz CT molecular complexity index is 855. The minimum Gasteiger partial charge on any atom is -0.493 e. The Balaban J connectivity index is 1.84. The summed E-state index contributed by atoms with van der Waals surface area (Å²) in [4.78, 5) is 26.0. The van der Waals surface area contributed by atoms with E-state index in [9.17, 15) is 14.7 Å². The molecule has 6 nitrogen and oxygen atoms in total. The van der Waals surface area contributed by atoms with Crippen LogP contribution in [0.1, 0.15) is 37.4 Å². The zero-order valence-electron chi connectivity index (χ0n) is 15.7. The fraction of sp³-hybridized carbons (Fsp3) is 0.333. The normalized spacial score (nSPS) is 13.5. The van der Waals surface area contributed by atoms with E-state index in [2.05, 4.69) is 0 Å². The van der Waals surface area contributed by atoms with Gasteiger partial charge in [0.2, 0.25) is 0 Å². The van der Waals surface area contributed by atoms with E-state index in [4.69, 9.17) is 9.47 Å². The summed E-state index contributed by atoms with van der Waals surface area (Å²) in [6, 6.07) is 8.69. The van der Waals surface area contributed by atoms with Gasteiger partial charge in [-0.25, -0.2) is 4.79 Å². The molecule has 0 fully saturated rings. The van der Waals surface area contributed by atoms with Crippen molar-refractivity contribution in [2.75, 3.05) is 27.3 Å². The highest BCUT2D eigenvalue weighted by molar-refractivity contribution is 5.97. The zero-order chi connectivity index (χ0) is 19.6. The van der Waals surface area contributed by atoms with Crippen LogP contribution in [0.25, 0.3) is 0 Å². The quantitative estimate of drug-likeness (QED) is 0.897. The summed E-state index contributed by atoms with van der Waals surface area (Å²) < 4.78 is 10.7. The number of methoxy groups -OCH3 is 2. The molecule has 1 amide bonds. The first-order chi connectivity index (χ1) is 12.9. The molecule has 0 atom stereocenters. The van der Waals surface area contributed by atoms with Crippen LogP contribution in [0.15, 0.2) is 30.3 Å². The molecular weight excluding hydrogens is 346 g/mol. The summed E-state index contributed by atoms with van der Waals surface area (Å²) in [5, 5.41) is 9.24. The number of hydrogen-bond donors (Lipinski definition) is 1. The van der Waals surface area contributed by atoms with Crippen LogP contribution in [0.2, 0.25) is 0 Å². The highest BCUT2D eigenvalue weighted by Crippen LogP contribution is 2.32. The smallest absolute Gasteiger partial charge is 0.335 e. The number of nitrogens with zero attached hydrogens (tertiary/aromatic N) is 1. The minimum atomic E-state index is -1.03. The Morgan fingerprint density at radius 1 is 0.889 bits per heavy atom. The van der Waals surface area contributed by atoms with E-state index in [1.807, 2.05) is 12.1 Å². The van der Waals surface area contributed by atoms with Gasteiger partial charge >= 0.3 is 5.97 Å². The van der Waals surface area contributed by atoms with Gasteiger partial charge in [-0.05, 0) is 66.8 Å². The van der Waals surface area contributed by atoms with Gasteiger partial charge in [0, 0.05) is 18.7 Å². The summed E-state index contributed by atoms with van der Waals surface area (Å²) in [5.74, 6) is 0.185. The number of rotatable bonds is 4. The van der Waals surface area contributed by atoms with Crippen molar-refractivity contribution in [2.24, 2.45) is 0 Å². The number of aryl methyl sites for hydroxylation is 1. The van der Waals surface area contributed by atoms with Gasteiger partial charge in [-0.1, -0.05) is 0 Å². The summed E-state index contributed by atoms with van der Waals surface area (Å²) in [7, 11) is 3.21. The number of carbonyl (C=O) groups is 2. The van der Waals surface area contributed by atoms with Crippen molar-refractivity contribution in [2.45, 2.75) is 19.8 Å². The van der Waals surface area contributed by atoms with Gasteiger partial charge in [0.1, 0.15) is 0 Å². The van der Waals surface area contributed by atoms with Crippen LogP contribution in [0.4, 0.5) is 0 Å². The predicted octanol–water partition coefficient (Wildman–Crippen LogP) is 2.95. The average molecular weight is 369 g/mol. The van der Waals surface area contributed by atoms with E-state index >= 15 is 0 Å². The van der Waals surface area contributed by atoms with E-state index in [0.29, 0.717) is 43.0 Å². The van der Waals surface area contributed by atoms with Crippen LogP contribution in [-0.4, -0.2) is 49.2 Å². The Morgan fingerprint density at radius 2 is 1.41 bits per heavy atom. The molecule has 0 aliphatic carbocycles. The van der Waals surface area contributed by atoms with Crippen LogP contribution in [0.5, 0.6) is 11.5 Å². The minimum absolute atomic E-state index is 0.130. The van der Waals surface area contributed by atoms with Crippen LogP contribution < -0.4 is 9.47 Å². The molecule has 0 radical (unpaired) electrons. The topological polar surface area (TPSA) is 76.1 Å². The van der Waals surface area contributed by atoms with E-state index in [1.54, 1.807) is 38.2 Å². The Hall–Kier alpha value is -3.02. The van der Waals surface area contributed by atoms with Crippen molar-refractivity contribution in [3.05, 3.63) is 58.1 Å². The molecule has 0 spiro atoms. The van der Waals surface area contributed by atoms with Gasteiger partial charge in [0.25, 0.3) is 5.91 Å². The Labute approximate surface area is 158 Å². The predicted molar refractivity (Wildman–Crippen MR) is 101 cm³/mol. The molecular formula is C21H23NO5. The second-order valence-electron chi connectivity index (χ2n) is 6.66. The highest BCUT2D eigenvalue weighted by atomic mass is 16.5. The van der Waals surface area contributed by atoms with Gasteiger partial charge in [0.15, 0.2) is 11.5 Å². The molecule has 0 saturated carbocycles. The standard InChI is InChI=1S/C21H23NO5/c1-13-8-16(10-17(9-13)21(24)25)20(23)22-6-4-14-11-18(26-2)19(27-3)12-15(14)5-7-22/h8-12H,4-7H2,1-3H3,(H,24,25). The lowest BCUT2D eigenvalue weighted by Gasteiger charge is -2.20. The number of amides is 1. The van der Waals surface area contributed by atoms with Crippen molar-refractivity contribution in [3.8, 4) is 11.5 Å². The first-order valence-corrected chi connectivity index (χ1v) is 8.81. The lowest BCUT2D eigenvalue weighted by atomic mass is 10.0. The van der Waals surface area contributed by atoms with E-state index in [0.717, 1.165) is 16.7 Å². The molecule has 6 heteroatoms. The lowest BCUT2D eigenvalue weighted by Crippen LogP contribution is -2.33. The molecule has 2 aromatic carbocycles. The summed E-state index contributed by atoms with van der Waals surface area (Å²) in [6.45, 7) is 2.93. The SMILES string of the molecule is COc1cc2c(cc1OC)CCN(C(=O)c1cc(C)cc(C(=O)O)c1)CC2. The third-order valence-corrected chi connectivity index (χ3v) is 4.87. The molecule has 1 aliphatic heterocycles. The number of carboxylic acids is 1. The second kappa shape index (κ2) is 7.70. The maximum absolute atomic E-state index is 13.0. The molecule has 0 saturated heterocycles. The maximum atomic E-state index is 13.0. The van der Waals surface area contributed by atoms with Gasteiger partial charge < -0.3 is 19.5 Å². The zero-order valence-corrected chi connectivity index (χ0v) is 15.7. The number of carbonyl (C=O) groups excluding carboxylic acids is 1. The third kappa shape index (κ3) is 3.89.